The van der Waals surface area contributed by atoms with Gasteiger partial charge in [-0.2, -0.15) is 0 Å². The monoisotopic (exact) mass is 671 g/mol. The third kappa shape index (κ3) is 4.23. The van der Waals surface area contributed by atoms with E-state index in [9.17, 15) is 0 Å². The Morgan fingerprint density at radius 3 is 1.50 bits per heavy atom. The maximum Gasteiger partial charge on any atom is 0.164 e. The summed E-state index contributed by atoms with van der Waals surface area (Å²) in [5.41, 5.74) is 17.2. The Hall–Kier alpha value is -5.67. The minimum atomic E-state index is -0.430. The Labute approximate surface area is 306 Å². The van der Waals surface area contributed by atoms with E-state index >= 15 is 0 Å². The molecule has 0 amide bonds. The Morgan fingerprint density at radius 1 is 0.404 bits per heavy atom. The summed E-state index contributed by atoms with van der Waals surface area (Å²) in [5.74, 6) is 2.11. The van der Waals surface area contributed by atoms with Crippen molar-refractivity contribution in [2.75, 3.05) is 0 Å². The molecule has 0 radical (unpaired) electrons. The molecule has 0 bridgehead atoms. The van der Waals surface area contributed by atoms with E-state index in [0.29, 0.717) is 11.6 Å². The van der Waals surface area contributed by atoms with Crippen LogP contribution in [0.5, 0.6) is 0 Å². The topological polar surface area (TPSA) is 38.7 Å². The summed E-state index contributed by atoms with van der Waals surface area (Å²) in [7, 11) is 0. The van der Waals surface area contributed by atoms with Crippen molar-refractivity contribution in [3.8, 4) is 56.4 Å². The van der Waals surface area contributed by atoms with Crippen LogP contribution in [0.25, 0.3) is 56.4 Å². The summed E-state index contributed by atoms with van der Waals surface area (Å²) in [4.78, 5) is 16.0. The van der Waals surface area contributed by atoms with Gasteiger partial charge in [0.25, 0.3) is 0 Å². The van der Waals surface area contributed by atoms with Gasteiger partial charge in [-0.1, -0.05) is 155 Å². The third-order valence-corrected chi connectivity index (χ3v) is 12.4. The van der Waals surface area contributed by atoms with Gasteiger partial charge in [0.2, 0.25) is 0 Å². The lowest BCUT2D eigenvalue weighted by molar-refractivity contribution is 0.332. The molecule has 3 heteroatoms. The first-order chi connectivity index (χ1) is 25.2. The van der Waals surface area contributed by atoms with E-state index in [0.717, 1.165) is 28.9 Å². The predicted molar refractivity (Wildman–Crippen MR) is 212 cm³/mol. The van der Waals surface area contributed by atoms with Crippen molar-refractivity contribution in [1.82, 2.24) is 15.0 Å². The van der Waals surface area contributed by atoms with E-state index in [1.165, 1.54) is 67.6 Å². The average molecular weight is 672 g/mol. The molecule has 0 aliphatic heterocycles. The minimum Gasteiger partial charge on any atom is -0.208 e. The van der Waals surface area contributed by atoms with Crippen LogP contribution < -0.4 is 0 Å². The van der Waals surface area contributed by atoms with Crippen molar-refractivity contribution in [1.29, 1.82) is 0 Å². The van der Waals surface area contributed by atoms with Gasteiger partial charge in [-0.3, -0.25) is 0 Å². The van der Waals surface area contributed by atoms with Gasteiger partial charge in [0.15, 0.2) is 17.5 Å². The fourth-order valence-electron chi connectivity index (χ4n) is 9.63. The van der Waals surface area contributed by atoms with Crippen molar-refractivity contribution < 1.29 is 0 Å². The third-order valence-electron chi connectivity index (χ3n) is 12.4. The molecule has 0 fully saturated rings. The summed E-state index contributed by atoms with van der Waals surface area (Å²) >= 11 is 0. The molecule has 0 atom stereocenters. The lowest BCUT2D eigenvalue weighted by Gasteiger charge is -2.42. The number of hydrogen-bond donors (Lipinski definition) is 0. The lowest BCUT2D eigenvalue weighted by Crippen LogP contribution is -2.34. The zero-order chi connectivity index (χ0) is 35.4. The number of nitrogens with zero attached hydrogens (tertiary/aromatic N) is 3. The molecular weight excluding hydrogens is 631 g/mol. The van der Waals surface area contributed by atoms with Crippen molar-refractivity contribution in [3.63, 3.8) is 0 Å². The van der Waals surface area contributed by atoms with Crippen molar-refractivity contribution in [2.24, 2.45) is 0 Å². The Kier molecular flexibility index (Phi) is 6.53. The zero-order valence-electron chi connectivity index (χ0n) is 30.5. The van der Waals surface area contributed by atoms with Gasteiger partial charge < -0.3 is 0 Å². The maximum absolute atomic E-state index is 5.43. The second kappa shape index (κ2) is 10.9. The average Bonchev–Trinajstić information content (AvgIpc) is 3.64. The number of fused-ring (bicyclic) bond motifs is 11. The molecule has 0 N–H and O–H groups in total. The molecule has 1 spiro atoms. The largest absolute Gasteiger partial charge is 0.208 e. The quantitative estimate of drug-likeness (QED) is 0.188. The number of hydrogen-bond acceptors (Lipinski definition) is 3. The molecule has 10 rings (SSSR count). The van der Waals surface area contributed by atoms with Crippen LogP contribution in [0.1, 0.15) is 79.5 Å². The van der Waals surface area contributed by atoms with Crippen LogP contribution in [-0.4, -0.2) is 15.0 Å². The molecule has 1 heterocycles. The zero-order valence-corrected chi connectivity index (χ0v) is 30.5. The first kappa shape index (κ1) is 31.1. The first-order valence-electron chi connectivity index (χ1n) is 18.6. The van der Waals surface area contributed by atoms with Crippen LogP contribution in [0.15, 0.2) is 133 Å². The van der Waals surface area contributed by atoms with Gasteiger partial charge in [-0.15, -0.1) is 0 Å². The van der Waals surface area contributed by atoms with Crippen molar-refractivity contribution >= 4 is 0 Å². The highest BCUT2D eigenvalue weighted by molar-refractivity contribution is 5.99. The van der Waals surface area contributed by atoms with Crippen molar-refractivity contribution in [2.45, 2.75) is 63.7 Å². The van der Waals surface area contributed by atoms with Gasteiger partial charge in [-0.05, 0) is 97.9 Å². The van der Waals surface area contributed by atoms with Gasteiger partial charge in [0.05, 0.1) is 5.41 Å². The summed E-state index contributed by atoms with van der Waals surface area (Å²) in [6.45, 7) is 11.8. The Bertz CT molecular complexity index is 2550. The van der Waals surface area contributed by atoms with Crippen LogP contribution in [0.2, 0.25) is 0 Å². The fraction of sp³-hybridized carbons (Fsp3) is 0.204. The highest BCUT2D eigenvalue weighted by Crippen LogP contribution is 2.63. The second-order valence-electron chi connectivity index (χ2n) is 16.3. The molecule has 6 aromatic carbocycles. The molecular formula is C49H41N3. The molecule has 7 aromatic rings. The van der Waals surface area contributed by atoms with E-state index < -0.39 is 5.41 Å². The van der Waals surface area contributed by atoms with E-state index in [2.05, 4.69) is 162 Å². The van der Waals surface area contributed by atoms with Crippen LogP contribution in [0, 0.1) is 6.92 Å². The molecule has 3 aliphatic rings. The molecule has 3 nitrogen and oxygen atoms in total. The molecule has 0 unspecified atom stereocenters. The van der Waals surface area contributed by atoms with Crippen molar-refractivity contribution in [3.05, 3.63) is 172 Å². The van der Waals surface area contributed by atoms with Crippen LogP contribution in [-0.2, 0) is 16.2 Å². The summed E-state index contributed by atoms with van der Waals surface area (Å²) < 4.78 is 0. The molecule has 3 aliphatic carbocycles. The molecule has 52 heavy (non-hydrogen) atoms. The smallest absolute Gasteiger partial charge is 0.164 e. The second-order valence-corrected chi connectivity index (χ2v) is 16.3. The molecule has 252 valence electrons. The van der Waals surface area contributed by atoms with E-state index in [1.54, 1.807) is 0 Å². The van der Waals surface area contributed by atoms with Gasteiger partial charge in [0.1, 0.15) is 0 Å². The van der Waals surface area contributed by atoms with Crippen LogP contribution in [0.3, 0.4) is 0 Å². The Balaban J connectivity index is 1.26. The minimum absolute atomic E-state index is 0.0670. The van der Waals surface area contributed by atoms with E-state index in [1.807, 2.05) is 6.07 Å². The van der Waals surface area contributed by atoms with Gasteiger partial charge in [0, 0.05) is 16.7 Å². The standard InChI is InChI=1S/C49H41N3/c1-30-28-41-42(48(4,5)27-26-47(41,2)3)29-36(30)46-51-44(31-16-7-6-8-17-31)50-45(52-46)35-21-15-25-40-43(35)34-20-11-14-24-39(34)49(40)37-22-12-9-18-32(37)33-19-10-13-23-38(33)49/h6-25,28-29H,26-27H2,1-5H3. The highest BCUT2D eigenvalue weighted by atomic mass is 15.0. The first-order valence-corrected chi connectivity index (χ1v) is 18.6. The van der Waals surface area contributed by atoms with Crippen LogP contribution >= 0.6 is 0 Å². The lowest BCUT2D eigenvalue weighted by atomic mass is 9.62. The maximum atomic E-state index is 5.43. The van der Waals surface area contributed by atoms with Gasteiger partial charge in [-0.25, -0.2) is 15.0 Å². The summed E-state index contributed by atoms with van der Waals surface area (Å²) in [5, 5.41) is 0. The molecule has 0 saturated carbocycles. The number of rotatable bonds is 3. The van der Waals surface area contributed by atoms with E-state index in [-0.39, 0.29) is 10.8 Å². The molecule has 1 aromatic heterocycles. The Morgan fingerprint density at radius 2 is 0.865 bits per heavy atom. The highest BCUT2D eigenvalue weighted by Gasteiger charge is 2.52. The summed E-state index contributed by atoms with van der Waals surface area (Å²) in [6.07, 6.45) is 2.33. The normalized spacial score (nSPS) is 16.5. The molecule has 0 saturated heterocycles. The number of aromatic nitrogens is 3. The number of benzene rings is 6. The van der Waals surface area contributed by atoms with Gasteiger partial charge >= 0.3 is 0 Å². The number of aryl methyl sites for hydroxylation is 1. The summed E-state index contributed by atoms with van der Waals surface area (Å²) in [6, 6.07) is 48.8. The fourth-order valence-corrected chi connectivity index (χ4v) is 9.63. The predicted octanol–water partition coefficient (Wildman–Crippen LogP) is 11.9. The van der Waals surface area contributed by atoms with Crippen LogP contribution in [0.4, 0.5) is 0 Å². The SMILES string of the molecule is Cc1cc2c(cc1-c1nc(-c3ccccc3)nc(-c3cccc4c3-c3ccccc3C43c4ccccc4-c4ccccc43)n1)C(C)(C)CCC2(C)C. The van der Waals surface area contributed by atoms with E-state index in [4.69, 9.17) is 15.0 Å².